The smallest absolute Gasteiger partial charge is 0.416 e. The molecule has 3 aromatic rings. The zero-order chi connectivity index (χ0) is 20.5. The molecule has 0 aliphatic heterocycles. The normalized spacial score (nSPS) is 11.5. The SMILES string of the molecule is COc1nn(-c2ccnc(Cc3cc(F)cc(C(F)(F)F)c3)c2)cc1C(N)=O. The third kappa shape index (κ3) is 4.11. The molecule has 0 radical (unpaired) electrons. The van der Waals surface area contributed by atoms with Gasteiger partial charge in [-0.25, -0.2) is 9.07 Å². The monoisotopic (exact) mass is 394 g/mol. The number of nitrogens with two attached hydrogens (primary N) is 1. The lowest BCUT2D eigenvalue weighted by Gasteiger charge is -2.10. The zero-order valence-electron chi connectivity index (χ0n) is 14.5. The highest BCUT2D eigenvalue weighted by atomic mass is 19.4. The van der Waals surface area contributed by atoms with Crippen molar-refractivity contribution < 1.29 is 27.1 Å². The van der Waals surface area contributed by atoms with Crippen LogP contribution >= 0.6 is 0 Å². The summed E-state index contributed by atoms with van der Waals surface area (Å²) >= 11 is 0. The van der Waals surface area contributed by atoms with E-state index in [4.69, 9.17) is 10.5 Å². The van der Waals surface area contributed by atoms with Crippen LogP contribution in [-0.4, -0.2) is 27.8 Å². The molecule has 2 aromatic heterocycles. The van der Waals surface area contributed by atoms with Gasteiger partial charge >= 0.3 is 6.18 Å². The number of carbonyl (C=O) groups is 1. The summed E-state index contributed by atoms with van der Waals surface area (Å²) in [6.07, 6.45) is -1.89. The van der Waals surface area contributed by atoms with Gasteiger partial charge < -0.3 is 10.5 Å². The molecule has 1 aromatic carbocycles. The fourth-order valence-corrected chi connectivity index (χ4v) is 2.64. The number of aromatic nitrogens is 3. The number of alkyl halides is 3. The first-order chi connectivity index (χ1) is 13.2. The van der Waals surface area contributed by atoms with E-state index in [2.05, 4.69) is 10.1 Å². The van der Waals surface area contributed by atoms with E-state index in [1.807, 2.05) is 0 Å². The van der Waals surface area contributed by atoms with Crippen molar-refractivity contribution in [2.45, 2.75) is 12.6 Å². The topological polar surface area (TPSA) is 83.0 Å². The molecule has 0 atom stereocenters. The van der Waals surface area contributed by atoms with Gasteiger partial charge in [0.05, 0.1) is 18.4 Å². The Morgan fingerprint density at radius 1 is 1.25 bits per heavy atom. The molecule has 3 rings (SSSR count). The predicted molar refractivity (Wildman–Crippen MR) is 90.6 cm³/mol. The molecule has 0 saturated heterocycles. The zero-order valence-corrected chi connectivity index (χ0v) is 14.5. The second kappa shape index (κ2) is 7.29. The number of benzene rings is 1. The summed E-state index contributed by atoms with van der Waals surface area (Å²) in [4.78, 5) is 15.5. The van der Waals surface area contributed by atoms with E-state index < -0.39 is 23.5 Å². The summed E-state index contributed by atoms with van der Waals surface area (Å²) in [5, 5.41) is 4.09. The molecule has 0 spiro atoms. The van der Waals surface area contributed by atoms with E-state index in [0.29, 0.717) is 17.4 Å². The third-order valence-electron chi connectivity index (χ3n) is 3.87. The molecule has 0 bridgehead atoms. The van der Waals surface area contributed by atoms with Gasteiger partial charge in [0.25, 0.3) is 5.91 Å². The Morgan fingerprint density at radius 2 is 2.00 bits per heavy atom. The number of primary amides is 1. The van der Waals surface area contributed by atoms with Crippen molar-refractivity contribution in [2.75, 3.05) is 7.11 Å². The highest BCUT2D eigenvalue weighted by molar-refractivity contribution is 5.94. The number of halogens is 4. The van der Waals surface area contributed by atoms with E-state index in [0.717, 1.165) is 12.1 Å². The number of hydrogen-bond donors (Lipinski definition) is 1. The fourth-order valence-electron chi connectivity index (χ4n) is 2.64. The van der Waals surface area contributed by atoms with Gasteiger partial charge in [-0.1, -0.05) is 0 Å². The van der Waals surface area contributed by atoms with E-state index in [1.165, 1.54) is 24.2 Å². The summed E-state index contributed by atoms with van der Waals surface area (Å²) in [6, 6.07) is 5.46. The molecule has 146 valence electrons. The standard InChI is InChI=1S/C18H14F4N4O2/c1-28-17-15(16(23)27)9-26(25-17)14-2-3-24-13(8-14)6-10-4-11(18(20,21)22)7-12(19)5-10/h2-5,7-9H,6H2,1H3,(H2,23,27). The minimum atomic E-state index is -4.65. The second-order valence-corrected chi connectivity index (χ2v) is 5.89. The van der Waals surface area contributed by atoms with E-state index in [-0.39, 0.29) is 23.4 Å². The second-order valence-electron chi connectivity index (χ2n) is 5.89. The van der Waals surface area contributed by atoms with Crippen LogP contribution in [0.1, 0.15) is 27.2 Å². The quantitative estimate of drug-likeness (QED) is 0.674. The average molecular weight is 394 g/mol. The van der Waals surface area contributed by atoms with Crippen LogP contribution in [0.3, 0.4) is 0 Å². The van der Waals surface area contributed by atoms with Crippen molar-refractivity contribution in [3.8, 4) is 11.6 Å². The molecule has 2 heterocycles. The molecule has 0 unspecified atom stereocenters. The molecule has 6 nitrogen and oxygen atoms in total. The Hall–Kier alpha value is -3.43. The molecule has 0 aliphatic carbocycles. The van der Waals surface area contributed by atoms with Gasteiger partial charge in [-0.2, -0.15) is 13.2 Å². The van der Waals surface area contributed by atoms with Crippen LogP contribution < -0.4 is 10.5 Å². The molecule has 28 heavy (non-hydrogen) atoms. The van der Waals surface area contributed by atoms with Crippen molar-refractivity contribution in [1.82, 2.24) is 14.8 Å². The molecule has 2 N–H and O–H groups in total. The first-order valence-corrected chi connectivity index (χ1v) is 7.93. The number of pyridine rings is 1. The summed E-state index contributed by atoms with van der Waals surface area (Å²) in [5.74, 6) is -1.67. The van der Waals surface area contributed by atoms with E-state index in [1.54, 1.807) is 12.1 Å². The molecule has 10 heteroatoms. The van der Waals surface area contributed by atoms with Crippen molar-refractivity contribution in [1.29, 1.82) is 0 Å². The maximum absolute atomic E-state index is 13.6. The van der Waals surface area contributed by atoms with Crippen molar-refractivity contribution in [2.24, 2.45) is 5.73 Å². The number of methoxy groups -OCH3 is 1. The molecule has 0 aliphatic rings. The lowest BCUT2D eigenvalue weighted by Crippen LogP contribution is -2.11. The average Bonchev–Trinajstić information content (AvgIpc) is 3.05. The molecule has 0 fully saturated rings. The van der Waals surface area contributed by atoms with Gasteiger partial charge in [-0.15, -0.1) is 5.10 Å². The minimum Gasteiger partial charge on any atom is -0.479 e. The first-order valence-electron chi connectivity index (χ1n) is 7.93. The molecule has 1 amide bonds. The van der Waals surface area contributed by atoms with Gasteiger partial charge in [0.2, 0.25) is 5.88 Å². The van der Waals surface area contributed by atoms with Gasteiger partial charge in [-0.3, -0.25) is 9.78 Å². The van der Waals surface area contributed by atoms with Crippen LogP contribution in [0.5, 0.6) is 5.88 Å². The van der Waals surface area contributed by atoms with Crippen molar-refractivity contribution in [3.63, 3.8) is 0 Å². The van der Waals surface area contributed by atoms with E-state index in [9.17, 15) is 22.4 Å². The van der Waals surface area contributed by atoms with E-state index >= 15 is 0 Å². The van der Waals surface area contributed by atoms with Crippen molar-refractivity contribution in [3.05, 3.63) is 70.9 Å². The van der Waals surface area contributed by atoms with Crippen molar-refractivity contribution >= 4 is 5.91 Å². The van der Waals surface area contributed by atoms with Crippen LogP contribution in [0.4, 0.5) is 17.6 Å². The van der Waals surface area contributed by atoms with Crippen LogP contribution in [0.15, 0.2) is 42.7 Å². The largest absolute Gasteiger partial charge is 0.479 e. The van der Waals surface area contributed by atoms with Gasteiger partial charge in [0, 0.05) is 24.5 Å². The highest BCUT2D eigenvalue weighted by Gasteiger charge is 2.31. The van der Waals surface area contributed by atoms with Crippen LogP contribution in [0.2, 0.25) is 0 Å². The molecule has 0 saturated carbocycles. The summed E-state index contributed by atoms with van der Waals surface area (Å²) in [7, 11) is 1.33. The summed E-state index contributed by atoms with van der Waals surface area (Å²) in [5.41, 5.74) is 5.24. The lowest BCUT2D eigenvalue weighted by molar-refractivity contribution is -0.137. The maximum atomic E-state index is 13.6. The Labute approximate surface area is 156 Å². The fraction of sp³-hybridized carbons (Fsp3) is 0.167. The number of carbonyl (C=O) groups excluding carboxylic acids is 1. The summed E-state index contributed by atoms with van der Waals surface area (Å²) in [6.45, 7) is 0. The van der Waals surface area contributed by atoms with Gasteiger partial charge in [0.1, 0.15) is 11.4 Å². The third-order valence-corrected chi connectivity index (χ3v) is 3.87. The molecular formula is C18H14F4N4O2. The molecular weight excluding hydrogens is 380 g/mol. The summed E-state index contributed by atoms with van der Waals surface area (Å²) < 4.78 is 58.5. The van der Waals surface area contributed by atoms with Gasteiger partial charge in [0.15, 0.2) is 0 Å². The first kappa shape index (κ1) is 19.3. The number of nitrogens with zero attached hydrogens (tertiary/aromatic N) is 3. The van der Waals surface area contributed by atoms with Gasteiger partial charge in [-0.05, 0) is 35.9 Å². The Bertz CT molecular complexity index is 1030. The Morgan fingerprint density at radius 3 is 2.61 bits per heavy atom. The predicted octanol–water partition coefficient (Wildman–Crippen LogP) is 3.12. The highest BCUT2D eigenvalue weighted by Crippen LogP contribution is 2.31. The minimum absolute atomic E-state index is 0.0320. The lowest BCUT2D eigenvalue weighted by atomic mass is 10.0. The van der Waals surface area contributed by atoms with Crippen LogP contribution in [0.25, 0.3) is 5.69 Å². The number of ether oxygens (including phenoxy) is 1. The number of hydrogen-bond acceptors (Lipinski definition) is 4. The number of amides is 1. The Balaban J connectivity index is 1.93. The van der Waals surface area contributed by atoms with Crippen LogP contribution in [-0.2, 0) is 12.6 Å². The van der Waals surface area contributed by atoms with Crippen LogP contribution in [0, 0.1) is 5.82 Å². The maximum Gasteiger partial charge on any atom is 0.416 e. The Kier molecular flexibility index (Phi) is 5.04. The number of rotatable bonds is 5.